The van der Waals surface area contributed by atoms with Gasteiger partial charge in [-0.2, -0.15) is 15.0 Å². The maximum absolute atomic E-state index is 14.0. The topological polar surface area (TPSA) is 80.0 Å². The number of hydrogen-bond acceptors (Lipinski definition) is 7. The fraction of sp³-hybridized carbons (Fsp3) is 0.292. The van der Waals surface area contributed by atoms with E-state index in [1.54, 1.807) is 12.4 Å². The number of aromatic nitrogens is 5. The molecule has 0 N–H and O–H groups in total. The minimum atomic E-state index is -0.983. The normalized spacial score (nSPS) is 19.7. The van der Waals surface area contributed by atoms with Crippen LogP contribution < -0.4 is 9.80 Å². The van der Waals surface area contributed by atoms with E-state index in [4.69, 9.17) is 0 Å². The zero-order valence-corrected chi connectivity index (χ0v) is 18.4. The number of nitrogens with zero attached hydrogens (tertiary/aromatic N) is 7. The average molecular weight is 461 g/mol. The minimum absolute atomic E-state index is 0.0702. The minimum Gasteiger partial charge on any atom is -0.365 e. The Morgan fingerprint density at radius 1 is 1.09 bits per heavy atom. The first-order valence-corrected chi connectivity index (χ1v) is 11.1. The van der Waals surface area contributed by atoms with Gasteiger partial charge in [-0.15, -0.1) is 0 Å². The summed E-state index contributed by atoms with van der Waals surface area (Å²) in [5.74, 6) is -0.787. The Morgan fingerprint density at radius 3 is 2.71 bits per heavy atom. The van der Waals surface area contributed by atoms with E-state index in [1.807, 2.05) is 19.1 Å². The van der Waals surface area contributed by atoms with Crippen LogP contribution >= 0.6 is 0 Å². The molecule has 2 aliphatic rings. The van der Waals surface area contributed by atoms with Crippen molar-refractivity contribution in [3.05, 3.63) is 65.6 Å². The molecule has 8 nitrogen and oxygen atoms in total. The van der Waals surface area contributed by atoms with Gasteiger partial charge in [0.2, 0.25) is 0 Å². The van der Waals surface area contributed by atoms with Crippen LogP contribution in [0.3, 0.4) is 0 Å². The third-order valence-corrected chi connectivity index (χ3v) is 6.90. The molecule has 6 rings (SSSR count). The van der Waals surface area contributed by atoms with Crippen LogP contribution in [-0.4, -0.2) is 56.9 Å². The Morgan fingerprint density at radius 2 is 1.91 bits per heavy atom. The van der Waals surface area contributed by atoms with Crippen molar-refractivity contribution in [1.82, 2.24) is 25.0 Å². The van der Waals surface area contributed by atoms with Crippen LogP contribution in [0, 0.1) is 24.5 Å². The van der Waals surface area contributed by atoms with Gasteiger partial charge in [0.05, 0.1) is 47.1 Å². The van der Waals surface area contributed by atoms with Gasteiger partial charge in [0.15, 0.2) is 17.9 Å². The third-order valence-electron chi connectivity index (χ3n) is 6.90. The number of hydrogen-bond donors (Lipinski definition) is 0. The first-order chi connectivity index (χ1) is 16.5. The number of carbonyl (C=O) groups excluding carboxylic acids is 1. The standard InChI is InChI=1S/C24H21F2N7O/c1-14-2-5-19(33-28-7-8-29-33)16(13-34)24(14)32-11-15-6-9-31(12-20(15)32)21-10-27-23-18(30-21)4-3-17(25)22(23)26/h2-5,7-8,10,13,15,20H,6,9,11-12H2,1H3/t15-,20-/m1/s1. The molecule has 4 aromatic rings. The van der Waals surface area contributed by atoms with E-state index in [2.05, 4.69) is 30.0 Å². The van der Waals surface area contributed by atoms with Crippen LogP contribution in [0.15, 0.2) is 42.9 Å². The lowest BCUT2D eigenvalue weighted by Gasteiger charge is -2.55. The summed E-state index contributed by atoms with van der Waals surface area (Å²) in [6, 6.07) is 6.55. The number of benzene rings is 2. The molecule has 0 bridgehead atoms. The summed E-state index contributed by atoms with van der Waals surface area (Å²) in [7, 11) is 0. The Labute approximate surface area is 193 Å². The molecular formula is C24H21F2N7O. The zero-order valence-electron chi connectivity index (χ0n) is 18.4. The van der Waals surface area contributed by atoms with Crippen molar-refractivity contribution in [2.24, 2.45) is 5.92 Å². The van der Waals surface area contributed by atoms with Gasteiger partial charge in [0.1, 0.15) is 11.3 Å². The molecule has 0 spiro atoms. The third kappa shape index (κ3) is 3.12. The molecule has 2 saturated heterocycles. The summed E-state index contributed by atoms with van der Waals surface area (Å²) in [4.78, 5) is 26.7. The molecule has 2 aromatic carbocycles. The maximum atomic E-state index is 14.0. The predicted molar refractivity (Wildman–Crippen MR) is 122 cm³/mol. The summed E-state index contributed by atoms with van der Waals surface area (Å²) in [5, 5.41) is 8.39. The summed E-state index contributed by atoms with van der Waals surface area (Å²) in [5.41, 5.74) is 3.37. The number of halogens is 2. The Kier molecular flexibility index (Phi) is 4.75. The van der Waals surface area contributed by atoms with E-state index in [0.29, 0.717) is 35.0 Å². The summed E-state index contributed by atoms with van der Waals surface area (Å²) < 4.78 is 27.6. The molecule has 0 aliphatic carbocycles. The van der Waals surface area contributed by atoms with Gasteiger partial charge in [-0.05, 0) is 37.1 Å². The van der Waals surface area contributed by atoms with Crippen molar-refractivity contribution in [2.75, 3.05) is 29.4 Å². The van der Waals surface area contributed by atoms with Gasteiger partial charge in [-0.3, -0.25) is 4.79 Å². The smallest absolute Gasteiger partial charge is 0.186 e. The molecule has 4 heterocycles. The van der Waals surface area contributed by atoms with Gasteiger partial charge >= 0.3 is 0 Å². The van der Waals surface area contributed by atoms with Crippen molar-refractivity contribution in [1.29, 1.82) is 0 Å². The van der Waals surface area contributed by atoms with Crippen molar-refractivity contribution >= 4 is 28.8 Å². The highest BCUT2D eigenvalue weighted by Crippen LogP contribution is 2.41. The van der Waals surface area contributed by atoms with Crippen LogP contribution in [-0.2, 0) is 0 Å². The van der Waals surface area contributed by atoms with Crippen LogP contribution in [0.25, 0.3) is 16.7 Å². The number of fused-ring (bicyclic) bond motifs is 2. The molecule has 34 heavy (non-hydrogen) atoms. The van der Waals surface area contributed by atoms with Gasteiger partial charge in [-0.25, -0.2) is 18.7 Å². The van der Waals surface area contributed by atoms with Crippen molar-refractivity contribution in [3.63, 3.8) is 0 Å². The highest BCUT2D eigenvalue weighted by molar-refractivity contribution is 5.91. The predicted octanol–water partition coefficient (Wildman–Crippen LogP) is 3.32. The number of aryl methyl sites for hydroxylation is 1. The molecule has 10 heteroatoms. The Balaban J connectivity index is 1.32. The lowest BCUT2D eigenvalue weighted by molar-refractivity contribution is 0.112. The van der Waals surface area contributed by atoms with E-state index in [9.17, 15) is 13.6 Å². The number of rotatable bonds is 4. The van der Waals surface area contributed by atoms with Crippen molar-refractivity contribution in [3.8, 4) is 5.69 Å². The fourth-order valence-electron chi connectivity index (χ4n) is 5.15. The van der Waals surface area contributed by atoms with E-state index in [0.717, 1.165) is 43.1 Å². The Bertz CT molecular complexity index is 1410. The first kappa shape index (κ1) is 20.6. The molecule has 2 atom stereocenters. The SMILES string of the molecule is Cc1ccc(-n2nccn2)c(C=O)c1N1C[C@H]2CCN(c3cnc4c(F)c(F)ccc4n3)C[C@H]21. The van der Waals surface area contributed by atoms with Crippen LogP contribution in [0.4, 0.5) is 20.3 Å². The van der Waals surface area contributed by atoms with Gasteiger partial charge in [-0.1, -0.05) is 6.07 Å². The molecule has 0 unspecified atom stereocenters. The van der Waals surface area contributed by atoms with Crippen LogP contribution in [0.5, 0.6) is 0 Å². The summed E-state index contributed by atoms with van der Waals surface area (Å²) in [6.07, 6.45) is 6.50. The molecule has 0 amide bonds. The van der Waals surface area contributed by atoms with Gasteiger partial charge in [0, 0.05) is 25.6 Å². The molecule has 2 fully saturated rings. The molecular weight excluding hydrogens is 440 g/mol. The molecule has 0 saturated carbocycles. The second-order valence-corrected chi connectivity index (χ2v) is 8.77. The van der Waals surface area contributed by atoms with E-state index < -0.39 is 11.6 Å². The highest BCUT2D eigenvalue weighted by atomic mass is 19.2. The maximum Gasteiger partial charge on any atom is 0.186 e. The molecule has 2 aliphatic heterocycles. The average Bonchev–Trinajstić information content (AvgIpc) is 3.37. The second kappa shape index (κ2) is 7.82. The molecule has 172 valence electrons. The number of anilines is 2. The monoisotopic (exact) mass is 461 g/mol. The zero-order chi connectivity index (χ0) is 23.4. The van der Waals surface area contributed by atoms with Crippen molar-refractivity contribution < 1.29 is 13.6 Å². The van der Waals surface area contributed by atoms with E-state index in [1.165, 1.54) is 17.1 Å². The first-order valence-electron chi connectivity index (χ1n) is 11.1. The lowest BCUT2D eigenvalue weighted by Crippen LogP contribution is -2.65. The molecule has 2 aromatic heterocycles. The number of carbonyl (C=O) groups is 1. The van der Waals surface area contributed by atoms with Crippen molar-refractivity contribution in [2.45, 2.75) is 19.4 Å². The second-order valence-electron chi connectivity index (χ2n) is 8.77. The largest absolute Gasteiger partial charge is 0.365 e. The number of piperidine rings is 1. The van der Waals surface area contributed by atoms with Crippen LogP contribution in [0.2, 0.25) is 0 Å². The summed E-state index contributed by atoms with van der Waals surface area (Å²) in [6.45, 7) is 4.36. The lowest BCUT2D eigenvalue weighted by atomic mass is 9.81. The van der Waals surface area contributed by atoms with E-state index >= 15 is 0 Å². The quantitative estimate of drug-likeness (QED) is 0.432. The van der Waals surface area contributed by atoms with Gasteiger partial charge in [0.25, 0.3) is 0 Å². The van der Waals surface area contributed by atoms with Crippen LogP contribution in [0.1, 0.15) is 22.3 Å². The van der Waals surface area contributed by atoms with E-state index in [-0.39, 0.29) is 11.6 Å². The Hall–Kier alpha value is -3.95. The fourth-order valence-corrected chi connectivity index (χ4v) is 5.15. The van der Waals surface area contributed by atoms with Gasteiger partial charge < -0.3 is 9.80 Å². The number of aldehydes is 1. The highest BCUT2D eigenvalue weighted by Gasteiger charge is 2.44. The molecule has 0 radical (unpaired) electrons. The summed E-state index contributed by atoms with van der Waals surface area (Å²) >= 11 is 0.